The Morgan fingerprint density at radius 1 is 1.35 bits per heavy atom. The molecule has 1 aromatic carbocycles. The van der Waals surface area contributed by atoms with Crippen LogP contribution in [-0.4, -0.2) is 10.1 Å². The summed E-state index contributed by atoms with van der Waals surface area (Å²) in [6.07, 6.45) is 3.03. The predicted molar refractivity (Wildman–Crippen MR) is 64.0 cm³/mol. The molecular formula is C14H14FNO. The fraction of sp³-hybridized carbons (Fsp3) is 0.214. The van der Waals surface area contributed by atoms with Gasteiger partial charge in [0.25, 0.3) is 0 Å². The topological polar surface area (TPSA) is 33.1 Å². The van der Waals surface area contributed by atoms with Gasteiger partial charge < -0.3 is 5.11 Å². The molecule has 0 aliphatic heterocycles. The van der Waals surface area contributed by atoms with Crippen LogP contribution in [0.3, 0.4) is 0 Å². The van der Waals surface area contributed by atoms with Gasteiger partial charge in [0.1, 0.15) is 5.82 Å². The molecule has 17 heavy (non-hydrogen) atoms. The smallest absolute Gasteiger partial charge is 0.123 e. The monoisotopic (exact) mass is 231 g/mol. The van der Waals surface area contributed by atoms with E-state index in [0.717, 1.165) is 16.7 Å². The SMILES string of the molecule is Cc1ccc(F)cc1CC(O)c1cccnc1. The molecular weight excluding hydrogens is 217 g/mol. The summed E-state index contributed by atoms with van der Waals surface area (Å²) in [4.78, 5) is 3.95. The van der Waals surface area contributed by atoms with Crippen LogP contribution < -0.4 is 0 Å². The molecule has 0 saturated heterocycles. The molecule has 0 bridgehead atoms. The van der Waals surface area contributed by atoms with Crippen molar-refractivity contribution in [3.05, 3.63) is 65.2 Å². The normalized spacial score (nSPS) is 12.4. The number of aryl methyl sites for hydroxylation is 1. The first-order valence-electron chi connectivity index (χ1n) is 5.50. The van der Waals surface area contributed by atoms with Gasteiger partial charge in [-0.25, -0.2) is 4.39 Å². The molecule has 1 atom stereocenters. The van der Waals surface area contributed by atoms with Crippen LogP contribution in [0.1, 0.15) is 22.8 Å². The van der Waals surface area contributed by atoms with Crippen LogP contribution in [0.4, 0.5) is 4.39 Å². The van der Waals surface area contributed by atoms with Gasteiger partial charge in [0.15, 0.2) is 0 Å². The van der Waals surface area contributed by atoms with Crippen LogP contribution >= 0.6 is 0 Å². The minimum atomic E-state index is -0.649. The quantitative estimate of drug-likeness (QED) is 0.881. The van der Waals surface area contributed by atoms with E-state index in [4.69, 9.17) is 0 Å². The molecule has 0 aliphatic carbocycles. The first-order valence-corrected chi connectivity index (χ1v) is 5.50. The number of aromatic nitrogens is 1. The Morgan fingerprint density at radius 3 is 2.88 bits per heavy atom. The molecule has 0 fully saturated rings. The lowest BCUT2D eigenvalue weighted by molar-refractivity contribution is 0.177. The third-order valence-electron chi connectivity index (χ3n) is 2.79. The number of halogens is 1. The van der Waals surface area contributed by atoms with Gasteiger partial charge in [0.2, 0.25) is 0 Å². The summed E-state index contributed by atoms with van der Waals surface area (Å²) in [5.41, 5.74) is 2.55. The molecule has 1 N–H and O–H groups in total. The highest BCUT2D eigenvalue weighted by atomic mass is 19.1. The number of aliphatic hydroxyl groups is 1. The zero-order valence-corrected chi connectivity index (χ0v) is 9.60. The molecule has 0 amide bonds. The number of hydrogen-bond donors (Lipinski definition) is 1. The lowest BCUT2D eigenvalue weighted by Crippen LogP contribution is -2.03. The van der Waals surface area contributed by atoms with Crippen LogP contribution in [0, 0.1) is 12.7 Å². The second kappa shape index (κ2) is 5.06. The van der Waals surface area contributed by atoms with E-state index in [1.165, 1.54) is 12.1 Å². The van der Waals surface area contributed by atoms with Crippen LogP contribution in [-0.2, 0) is 6.42 Å². The molecule has 0 aliphatic rings. The van der Waals surface area contributed by atoms with Crippen molar-refractivity contribution in [1.29, 1.82) is 0 Å². The highest BCUT2D eigenvalue weighted by molar-refractivity contribution is 5.28. The Labute approximate surface area is 99.8 Å². The number of hydrogen-bond acceptors (Lipinski definition) is 2. The van der Waals surface area contributed by atoms with Crippen LogP contribution in [0.15, 0.2) is 42.7 Å². The number of benzene rings is 1. The van der Waals surface area contributed by atoms with Crippen LogP contribution in [0.25, 0.3) is 0 Å². The number of nitrogens with zero attached hydrogens (tertiary/aromatic N) is 1. The molecule has 3 heteroatoms. The van der Waals surface area contributed by atoms with E-state index in [9.17, 15) is 9.50 Å². The zero-order chi connectivity index (χ0) is 12.3. The van der Waals surface area contributed by atoms with Crippen molar-refractivity contribution in [2.24, 2.45) is 0 Å². The van der Waals surface area contributed by atoms with Gasteiger partial charge in [0, 0.05) is 18.8 Å². The van der Waals surface area contributed by atoms with Gasteiger partial charge >= 0.3 is 0 Å². The highest BCUT2D eigenvalue weighted by Crippen LogP contribution is 2.20. The molecule has 1 heterocycles. The maximum atomic E-state index is 13.1. The summed E-state index contributed by atoms with van der Waals surface area (Å²) in [6.45, 7) is 1.91. The van der Waals surface area contributed by atoms with Crippen molar-refractivity contribution in [1.82, 2.24) is 4.98 Å². The minimum absolute atomic E-state index is 0.274. The summed E-state index contributed by atoms with van der Waals surface area (Å²) < 4.78 is 13.1. The molecule has 2 rings (SSSR count). The van der Waals surface area contributed by atoms with E-state index in [-0.39, 0.29) is 5.82 Å². The average Bonchev–Trinajstić information content (AvgIpc) is 2.35. The second-order valence-electron chi connectivity index (χ2n) is 4.08. The minimum Gasteiger partial charge on any atom is -0.388 e. The Hall–Kier alpha value is -1.74. The van der Waals surface area contributed by atoms with E-state index in [0.29, 0.717) is 6.42 Å². The maximum Gasteiger partial charge on any atom is 0.123 e. The standard InChI is InChI=1S/C14H14FNO/c1-10-4-5-13(15)7-12(10)8-14(17)11-3-2-6-16-9-11/h2-7,9,14,17H,8H2,1H3. The van der Waals surface area contributed by atoms with Gasteiger partial charge in [-0.3, -0.25) is 4.98 Å². The van der Waals surface area contributed by atoms with E-state index < -0.39 is 6.10 Å². The van der Waals surface area contributed by atoms with Gasteiger partial charge in [-0.2, -0.15) is 0 Å². The van der Waals surface area contributed by atoms with Crippen molar-refractivity contribution < 1.29 is 9.50 Å². The summed E-state index contributed by atoms with van der Waals surface area (Å²) in [7, 11) is 0. The third kappa shape index (κ3) is 2.88. The summed E-state index contributed by atoms with van der Waals surface area (Å²) in [5, 5.41) is 10.0. The fourth-order valence-corrected chi connectivity index (χ4v) is 1.76. The van der Waals surface area contributed by atoms with Gasteiger partial charge in [-0.1, -0.05) is 12.1 Å². The Kier molecular flexibility index (Phi) is 3.49. The first kappa shape index (κ1) is 11.7. The zero-order valence-electron chi connectivity index (χ0n) is 9.60. The van der Waals surface area contributed by atoms with Crippen molar-refractivity contribution in [3.63, 3.8) is 0 Å². The van der Waals surface area contributed by atoms with Gasteiger partial charge in [-0.15, -0.1) is 0 Å². The lowest BCUT2D eigenvalue weighted by Gasteiger charge is -2.12. The molecule has 1 unspecified atom stereocenters. The van der Waals surface area contributed by atoms with E-state index in [2.05, 4.69) is 4.98 Å². The number of pyridine rings is 1. The molecule has 2 nitrogen and oxygen atoms in total. The maximum absolute atomic E-state index is 13.1. The molecule has 88 valence electrons. The Bertz CT molecular complexity index is 499. The summed E-state index contributed by atoms with van der Waals surface area (Å²) in [6, 6.07) is 8.20. The second-order valence-corrected chi connectivity index (χ2v) is 4.08. The molecule has 0 saturated carbocycles. The number of rotatable bonds is 3. The van der Waals surface area contributed by atoms with Crippen LogP contribution in [0.2, 0.25) is 0 Å². The fourth-order valence-electron chi connectivity index (χ4n) is 1.76. The largest absolute Gasteiger partial charge is 0.388 e. The van der Waals surface area contributed by atoms with E-state index in [1.54, 1.807) is 24.5 Å². The number of aliphatic hydroxyl groups excluding tert-OH is 1. The molecule has 2 aromatic rings. The van der Waals surface area contributed by atoms with Crippen molar-refractivity contribution in [3.8, 4) is 0 Å². The van der Waals surface area contributed by atoms with Crippen molar-refractivity contribution in [2.45, 2.75) is 19.4 Å². The molecule has 0 radical (unpaired) electrons. The van der Waals surface area contributed by atoms with Gasteiger partial charge in [0.05, 0.1) is 6.10 Å². The Balaban J connectivity index is 2.18. The van der Waals surface area contributed by atoms with Gasteiger partial charge in [-0.05, 0) is 41.8 Å². The van der Waals surface area contributed by atoms with Crippen molar-refractivity contribution >= 4 is 0 Å². The van der Waals surface area contributed by atoms with E-state index >= 15 is 0 Å². The molecule has 0 spiro atoms. The Morgan fingerprint density at radius 2 is 2.18 bits per heavy atom. The van der Waals surface area contributed by atoms with Crippen LogP contribution in [0.5, 0.6) is 0 Å². The first-order chi connectivity index (χ1) is 8.16. The predicted octanol–water partition coefficient (Wildman–Crippen LogP) is 2.81. The highest BCUT2D eigenvalue weighted by Gasteiger charge is 2.10. The van der Waals surface area contributed by atoms with E-state index in [1.807, 2.05) is 13.0 Å². The average molecular weight is 231 g/mol. The van der Waals surface area contributed by atoms with Crippen molar-refractivity contribution in [2.75, 3.05) is 0 Å². The molecule has 1 aromatic heterocycles. The summed E-state index contributed by atoms with van der Waals surface area (Å²) >= 11 is 0. The summed E-state index contributed by atoms with van der Waals surface area (Å²) in [5.74, 6) is -0.274. The third-order valence-corrected chi connectivity index (χ3v) is 2.79. The lowest BCUT2D eigenvalue weighted by atomic mass is 9.99.